The van der Waals surface area contributed by atoms with Crippen molar-refractivity contribution in [3.05, 3.63) is 11.6 Å². The molecular weight excluding hydrogens is 218 g/mol. The Kier molecular flexibility index (Phi) is 5.09. The van der Waals surface area contributed by atoms with Crippen LogP contribution in [0.4, 0.5) is 0 Å². The lowest BCUT2D eigenvalue weighted by Crippen LogP contribution is -2.38. The summed E-state index contributed by atoms with van der Waals surface area (Å²) in [5.74, 6) is 0.759. The maximum atomic E-state index is 11.7. The second kappa shape index (κ2) is 6.34. The summed E-state index contributed by atoms with van der Waals surface area (Å²) in [6.45, 7) is 4.69. The molecule has 6 heteroatoms. The van der Waals surface area contributed by atoms with Gasteiger partial charge >= 0.3 is 0 Å². The van der Waals surface area contributed by atoms with Crippen molar-refractivity contribution in [2.75, 3.05) is 20.6 Å². The van der Waals surface area contributed by atoms with Gasteiger partial charge in [-0.1, -0.05) is 6.92 Å². The van der Waals surface area contributed by atoms with Crippen LogP contribution in [-0.2, 0) is 6.42 Å². The minimum absolute atomic E-state index is 0.222. The quantitative estimate of drug-likeness (QED) is 0.755. The molecule has 0 aromatic carbocycles. The van der Waals surface area contributed by atoms with E-state index in [2.05, 4.69) is 27.4 Å². The Balaban J connectivity index is 2.46. The third-order valence-corrected chi connectivity index (χ3v) is 2.66. The minimum Gasteiger partial charge on any atom is -0.348 e. The predicted molar refractivity (Wildman–Crippen MR) is 65.9 cm³/mol. The molecule has 0 saturated carbocycles. The number of aromatic amines is 1. The van der Waals surface area contributed by atoms with Gasteiger partial charge in [-0.2, -0.15) is 0 Å². The molecule has 1 aromatic rings. The van der Waals surface area contributed by atoms with Crippen molar-refractivity contribution in [2.45, 2.75) is 32.7 Å². The third-order valence-electron chi connectivity index (χ3n) is 2.66. The Morgan fingerprint density at radius 3 is 2.82 bits per heavy atom. The highest BCUT2D eigenvalue weighted by Crippen LogP contribution is 1.97. The van der Waals surface area contributed by atoms with Crippen molar-refractivity contribution in [2.24, 2.45) is 0 Å². The molecule has 17 heavy (non-hydrogen) atoms. The van der Waals surface area contributed by atoms with E-state index in [1.807, 2.05) is 25.9 Å². The summed E-state index contributed by atoms with van der Waals surface area (Å²) in [6.07, 6.45) is 1.79. The third kappa shape index (κ3) is 4.14. The Morgan fingerprint density at radius 2 is 2.24 bits per heavy atom. The van der Waals surface area contributed by atoms with Gasteiger partial charge in [0, 0.05) is 19.0 Å². The van der Waals surface area contributed by atoms with Crippen LogP contribution in [0.25, 0.3) is 0 Å². The standard InChI is InChI=1S/C11H21N5O/c1-5-6-9-13-10(15-14-9)11(17)12-7-8(2)16(3)4/h8H,5-7H2,1-4H3,(H,12,17)(H,13,14,15). The van der Waals surface area contributed by atoms with E-state index >= 15 is 0 Å². The lowest BCUT2D eigenvalue weighted by Gasteiger charge is -2.19. The van der Waals surface area contributed by atoms with E-state index in [0.717, 1.165) is 18.7 Å². The summed E-state index contributed by atoms with van der Waals surface area (Å²) in [4.78, 5) is 17.9. The molecule has 1 amide bonds. The van der Waals surface area contributed by atoms with Gasteiger partial charge in [0.05, 0.1) is 0 Å². The number of nitrogens with one attached hydrogen (secondary N) is 2. The molecule has 0 aliphatic heterocycles. The molecule has 0 radical (unpaired) electrons. The molecular formula is C11H21N5O. The normalized spacial score (nSPS) is 12.8. The Labute approximate surface area is 102 Å². The number of aryl methyl sites for hydroxylation is 1. The van der Waals surface area contributed by atoms with Crippen LogP contribution in [0.3, 0.4) is 0 Å². The zero-order chi connectivity index (χ0) is 12.8. The smallest absolute Gasteiger partial charge is 0.291 e. The molecule has 0 fully saturated rings. The fourth-order valence-corrected chi connectivity index (χ4v) is 1.25. The van der Waals surface area contributed by atoms with E-state index in [9.17, 15) is 4.79 Å². The van der Waals surface area contributed by atoms with Gasteiger partial charge < -0.3 is 10.2 Å². The van der Waals surface area contributed by atoms with E-state index in [1.165, 1.54) is 0 Å². The Bertz CT molecular complexity index is 360. The van der Waals surface area contributed by atoms with E-state index < -0.39 is 0 Å². The number of carbonyl (C=O) groups is 1. The van der Waals surface area contributed by atoms with Crippen LogP contribution in [0.5, 0.6) is 0 Å². The Hall–Kier alpha value is -1.43. The number of H-pyrrole nitrogens is 1. The first kappa shape index (κ1) is 13.6. The number of likely N-dealkylation sites (N-methyl/N-ethyl adjacent to an activating group) is 1. The molecule has 1 rings (SSSR count). The van der Waals surface area contributed by atoms with Crippen molar-refractivity contribution >= 4 is 5.91 Å². The van der Waals surface area contributed by atoms with Crippen molar-refractivity contribution in [3.8, 4) is 0 Å². The van der Waals surface area contributed by atoms with Crippen LogP contribution in [0.1, 0.15) is 36.7 Å². The van der Waals surface area contributed by atoms with Crippen molar-refractivity contribution in [3.63, 3.8) is 0 Å². The van der Waals surface area contributed by atoms with Gasteiger partial charge in [-0.05, 0) is 27.4 Å². The average Bonchev–Trinajstić information content (AvgIpc) is 2.74. The molecule has 0 aliphatic carbocycles. The highest BCUT2D eigenvalue weighted by Gasteiger charge is 2.13. The van der Waals surface area contributed by atoms with E-state index in [1.54, 1.807) is 0 Å². The van der Waals surface area contributed by atoms with Gasteiger partial charge in [-0.25, -0.2) is 4.98 Å². The molecule has 2 N–H and O–H groups in total. The fraction of sp³-hybridized carbons (Fsp3) is 0.727. The zero-order valence-electron chi connectivity index (χ0n) is 10.9. The molecule has 0 aliphatic rings. The molecule has 96 valence electrons. The number of hydrogen-bond donors (Lipinski definition) is 2. The lowest BCUT2D eigenvalue weighted by atomic mass is 10.3. The van der Waals surface area contributed by atoms with E-state index in [4.69, 9.17) is 0 Å². The maximum Gasteiger partial charge on any atom is 0.291 e. The first-order valence-corrected chi connectivity index (χ1v) is 5.90. The van der Waals surface area contributed by atoms with Crippen LogP contribution in [0.2, 0.25) is 0 Å². The van der Waals surface area contributed by atoms with Gasteiger partial charge in [0.25, 0.3) is 5.91 Å². The number of aromatic nitrogens is 3. The van der Waals surface area contributed by atoms with Crippen LogP contribution in [0.15, 0.2) is 0 Å². The summed E-state index contributed by atoms with van der Waals surface area (Å²) >= 11 is 0. The summed E-state index contributed by atoms with van der Waals surface area (Å²) < 4.78 is 0. The van der Waals surface area contributed by atoms with Gasteiger partial charge in [-0.3, -0.25) is 9.89 Å². The molecule has 6 nitrogen and oxygen atoms in total. The molecule has 1 heterocycles. The summed E-state index contributed by atoms with van der Waals surface area (Å²) in [6, 6.07) is 0.285. The number of hydrogen-bond acceptors (Lipinski definition) is 4. The van der Waals surface area contributed by atoms with Gasteiger partial charge in [-0.15, -0.1) is 5.10 Å². The second-order valence-electron chi connectivity index (χ2n) is 4.38. The SMILES string of the molecule is CCCc1nc(C(=O)NCC(C)N(C)C)n[nH]1. The summed E-state index contributed by atoms with van der Waals surface area (Å²) in [7, 11) is 3.95. The number of rotatable bonds is 6. The van der Waals surface area contributed by atoms with E-state index in [-0.39, 0.29) is 17.8 Å². The molecule has 0 bridgehead atoms. The topological polar surface area (TPSA) is 73.9 Å². The van der Waals surface area contributed by atoms with E-state index in [0.29, 0.717) is 6.54 Å². The zero-order valence-corrected chi connectivity index (χ0v) is 10.9. The maximum absolute atomic E-state index is 11.7. The molecule has 1 atom stereocenters. The van der Waals surface area contributed by atoms with Crippen molar-refractivity contribution < 1.29 is 4.79 Å². The predicted octanol–water partition coefficient (Wildman–Crippen LogP) is 0.437. The minimum atomic E-state index is -0.225. The van der Waals surface area contributed by atoms with Gasteiger partial charge in [0.1, 0.15) is 5.82 Å². The van der Waals surface area contributed by atoms with Gasteiger partial charge in [0.2, 0.25) is 5.82 Å². The van der Waals surface area contributed by atoms with Crippen molar-refractivity contribution in [1.29, 1.82) is 0 Å². The van der Waals surface area contributed by atoms with Crippen molar-refractivity contribution in [1.82, 2.24) is 25.4 Å². The average molecular weight is 239 g/mol. The highest BCUT2D eigenvalue weighted by atomic mass is 16.2. The molecule has 0 spiro atoms. The van der Waals surface area contributed by atoms with Crippen LogP contribution < -0.4 is 5.32 Å². The summed E-state index contributed by atoms with van der Waals surface area (Å²) in [5, 5.41) is 9.47. The van der Waals surface area contributed by atoms with Crippen LogP contribution in [0, 0.1) is 0 Å². The molecule has 0 saturated heterocycles. The number of amides is 1. The van der Waals surface area contributed by atoms with Gasteiger partial charge in [0.15, 0.2) is 0 Å². The second-order valence-corrected chi connectivity index (χ2v) is 4.38. The largest absolute Gasteiger partial charge is 0.348 e. The monoisotopic (exact) mass is 239 g/mol. The highest BCUT2D eigenvalue weighted by molar-refractivity contribution is 5.90. The fourth-order valence-electron chi connectivity index (χ4n) is 1.25. The molecule has 1 aromatic heterocycles. The van der Waals surface area contributed by atoms with Crippen LogP contribution in [-0.4, -0.2) is 52.7 Å². The number of carbonyl (C=O) groups excluding carboxylic acids is 1. The Morgan fingerprint density at radius 1 is 1.53 bits per heavy atom. The first-order chi connectivity index (χ1) is 8.04. The molecule has 1 unspecified atom stereocenters. The first-order valence-electron chi connectivity index (χ1n) is 5.90. The van der Waals surface area contributed by atoms with Crippen LogP contribution >= 0.6 is 0 Å². The summed E-state index contributed by atoms with van der Waals surface area (Å²) in [5.41, 5.74) is 0. The number of nitrogens with zero attached hydrogens (tertiary/aromatic N) is 3. The lowest BCUT2D eigenvalue weighted by molar-refractivity contribution is 0.0933.